The summed E-state index contributed by atoms with van der Waals surface area (Å²) in [7, 11) is 1.45. The molecule has 1 aromatic heterocycles. The molecule has 1 unspecified atom stereocenters. The smallest absolute Gasteiger partial charge is 0.399 e. The Morgan fingerprint density at radius 1 is 1.18 bits per heavy atom. The number of hydrogen-bond donors (Lipinski definition) is 2. The molecule has 3 aromatic rings. The van der Waals surface area contributed by atoms with E-state index in [0.717, 1.165) is 25.0 Å². The summed E-state index contributed by atoms with van der Waals surface area (Å²) in [4.78, 5) is 17.3. The number of benzene rings is 2. The molecular formula is C28H25ClF4N2O5. The molecule has 212 valence electrons. The predicted molar refractivity (Wildman–Crippen MR) is 137 cm³/mol. The highest BCUT2D eigenvalue weighted by atomic mass is 35.5. The Labute approximate surface area is 232 Å². The number of amides is 1. The Morgan fingerprint density at radius 2 is 1.93 bits per heavy atom. The van der Waals surface area contributed by atoms with E-state index in [1.807, 2.05) is 0 Å². The van der Waals surface area contributed by atoms with Crippen molar-refractivity contribution in [2.75, 3.05) is 20.3 Å². The van der Waals surface area contributed by atoms with E-state index in [1.165, 1.54) is 32.2 Å². The maximum Gasteiger partial charge on any atom is 0.399 e. The van der Waals surface area contributed by atoms with Crippen LogP contribution in [-0.2, 0) is 5.60 Å². The number of carbonyl (C=O) groups excluding carboxylic acids is 1. The van der Waals surface area contributed by atoms with Crippen LogP contribution in [0.2, 0.25) is 5.02 Å². The number of hydrogen-bond acceptors (Lipinski definition) is 6. The van der Waals surface area contributed by atoms with Crippen molar-refractivity contribution in [1.29, 1.82) is 0 Å². The van der Waals surface area contributed by atoms with Gasteiger partial charge in [0.1, 0.15) is 35.4 Å². The van der Waals surface area contributed by atoms with Crippen LogP contribution in [-0.4, -0.2) is 48.5 Å². The highest BCUT2D eigenvalue weighted by molar-refractivity contribution is 6.31. The van der Waals surface area contributed by atoms with E-state index in [2.05, 4.69) is 10.3 Å². The Hall–Kier alpha value is -3.57. The van der Waals surface area contributed by atoms with E-state index in [0.29, 0.717) is 11.5 Å². The molecule has 0 spiro atoms. The van der Waals surface area contributed by atoms with Crippen LogP contribution in [0.3, 0.4) is 0 Å². The molecule has 5 rings (SSSR count). The first-order valence-corrected chi connectivity index (χ1v) is 12.8. The molecule has 2 aliphatic rings. The number of ether oxygens (including phenoxy) is 3. The van der Waals surface area contributed by atoms with Gasteiger partial charge in [-0.2, -0.15) is 13.2 Å². The second-order valence-electron chi connectivity index (χ2n) is 9.95. The number of pyridine rings is 1. The van der Waals surface area contributed by atoms with Crippen molar-refractivity contribution in [3.63, 3.8) is 0 Å². The van der Waals surface area contributed by atoms with Crippen LogP contribution in [0.1, 0.15) is 47.3 Å². The summed E-state index contributed by atoms with van der Waals surface area (Å²) in [5.41, 5.74) is -1.88. The lowest BCUT2D eigenvalue weighted by Gasteiger charge is -2.25. The fourth-order valence-electron chi connectivity index (χ4n) is 4.32. The van der Waals surface area contributed by atoms with Gasteiger partial charge < -0.3 is 24.6 Å². The van der Waals surface area contributed by atoms with Gasteiger partial charge in [0.2, 0.25) is 0 Å². The van der Waals surface area contributed by atoms with Crippen LogP contribution in [0.5, 0.6) is 17.2 Å². The Bertz CT molecular complexity index is 1460. The molecular weight excluding hydrogens is 556 g/mol. The molecule has 2 heterocycles. The topological polar surface area (TPSA) is 89.9 Å². The average Bonchev–Trinajstić information content (AvgIpc) is 3.61. The van der Waals surface area contributed by atoms with Crippen LogP contribution in [0.15, 0.2) is 42.5 Å². The SMILES string of the molecule is COc1cc(C(=O)NC[C@](C)(O)c2cc3c(c(-c4ccc(F)c(Cl)c4)n2)OCC3C(F)(F)F)ccc1OC1CC1. The third kappa shape index (κ3) is 5.66. The van der Waals surface area contributed by atoms with Crippen molar-refractivity contribution < 1.29 is 41.7 Å². The number of aliphatic hydroxyl groups is 1. The van der Waals surface area contributed by atoms with E-state index >= 15 is 0 Å². The van der Waals surface area contributed by atoms with E-state index in [4.69, 9.17) is 25.8 Å². The first-order valence-electron chi connectivity index (χ1n) is 12.4. The molecule has 2 N–H and O–H groups in total. The number of methoxy groups -OCH3 is 1. The van der Waals surface area contributed by atoms with E-state index < -0.39 is 36.0 Å². The van der Waals surface area contributed by atoms with Crippen molar-refractivity contribution in [1.82, 2.24) is 10.3 Å². The zero-order valence-corrected chi connectivity index (χ0v) is 22.2. The number of rotatable bonds is 8. The fourth-order valence-corrected chi connectivity index (χ4v) is 4.50. The lowest BCUT2D eigenvalue weighted by Crippen LogP contribution is -2.39. The summed E-state index contributed by atoms with van der Waals surface area (Å²) >= 11 is 5.91. The molecule has 1 fully saturated rings. The van der Waals surface area contributed by atoms with Crippen molar-refractivity contribution in [3.05, 3.63) is 70.1 Å². The van der Waals surface area contributed by atoms with Crippen LogP contribution < -0.4 is 19.5 Å². The Morgan fingerprint density at radius 3 is 2.58 bits per heavy atom. The maximum atomic E-state index is 13.8. The molecule has 40 heavy (non-hydrogen) atoms. The molecule has 1 aliphatic carbocycles. The standard InChI is InChI=1S/C28H25ClF4N2O5/c1-27(37,13-34-26(36)15-4-8-21(22(10-15)38-2)40-16-5-6-16)23-11-17-18(28(31,32)33)12-39-25(17)24(35-23)14-3-7-20(30)19(29)9-14/h3-4,7-11,16,18,37H,5-6,12-13H2,1-2H3,(H,34,36)/t18?,27-/m0/s1. The zero-order chi connectivity index (χ0) is 28.8. The highest BCUT2D eigenvalue weighted by Crippen LogP contribution is 2.48. The molecule has 1 saturated carbocycles. The van der Waals surface area contributed by atoms with Gasteiger partial charge in [-0.3, -0.25) is 4.79 Å². The number of aromatic nitrogens is 1. The minimum Gasteiger partial charge on any atom is -0.493 e. The minimum atomic E-state index is -4.63. The number of carbonyl (C=O) groups is 1. The number of nitrogens with zero attached hydrogens (tertiary/aromatic N) is 1. The summed E-state index contributed by atoms with van der Waals surface area (Å²) in [5.74, 6) is -2.49. The van der Waals surface area contributed by atoms with Gasteiger partial charge in [-0.1, -0.05) is 11.6 Å². The third-order valence-electron chi connectivity index (χ3n) is 6.75. The van der Waals surface area contributed by atoms with Crippen LogP contribution >= 0.6 is 11.6 Å². The largest absolute Gasteiger partial charge is 0.493 e. The summed E-state index contributed by atoms with van der Waals surface area (Å²) in [6.07, 6.45) is -2.61. The Kier molecular flexibility index (Phi) is 7.30. The molecule has 12 heteroatoms. The van der Waals surface area contributed by atoms with Crippen LogP contribution in [0.25, 0.3) is 11.3 Å². The summed E-state index contributed by atoms with van der Waals surface area (Å²) in [6.45, 7) is 0.253. The quantitative estimate of drug-likeness (QED) is 0.329. The normalized spacial score (nSPS) is 17.9. The van der Waals surface area contributed by atoms with E-state index in [9.17, 15) is 27.5 Å². The van der Waals surface area contributed by atoms with Gasteiger partial charge in [-0.25, -0.2) is 9.37 Å². The van der Waals surface area contributed by atoms with Gasteiger partial charge >= 0.3 is 6.18 Å². The number of alkyl halides is 3. The molecule has 2 atom stereocenters. The molecule has 1 amide bonds. The first kappa shape index (κ1) is 28.0. The minimum absolute atomic E-state index is 0.0382. The van der Waals surface area contributed by atoms with E-state index in [-0.39, 0.29) is 51.5 Å². The Balaban J connectivity index is 1.44. The van der Waals surface area contributed by atoms with Crippen LogP contribution in [0.4, 0.5) is 17.6 Å². The van der Waals surface area contributed by atoms with Crippen LogP contribution in [0, 0.1) is 5.82 Å². The molecule has 1 aliphatic heterocycles. The summed E-state index contributed by atoms with van der Waals surface area (Å²) in [6, 6.07) is 9.35. The molecule has 2 aromatic carbocycles. The molecule has 0 radical (unpaired) electrons. The first-order chi connectivity index (χ1) is 18.9. The van der Waals surface area contributed by atoms with Crippen molar-refractivity contribution >= 4 is 17.5 Å². The van der Waals surface area contributed by atoms with Gasteiger partial charge in [0.25, 0.3) is 5.91 Å². The monoisotopic (exact) mass is 580 g/mol. The van der Waals surface area contributed by atoms with Crippen molar-refractivity contribution in [2.24, 2.45) is 0 Å². The highest BCUT2D eigenvalue weighted by Gasteiger charge is 2.47. The average molecular weight is 581 g/mol. The van der Waals surface area contributed by atoms with Crippen molar-refractivity contribution in [3.8, 4) is 28.5 Å². The molecule has 0 saturated heterocycles. The van der Waals surface area contributed by atoms with Gasteiger partial charge in [-0.05, 0) is 62.2 Å². The summed E-state index contributed by atoms with van der Waals surface area (Å²) < 4.78 is 71.7. The van der Waals surface area contributed by atoms with Gasteiger partial charge in [0.05, 0.1) is 30.5 Å². The number of halogens is 5. The molecule has 7 nitrogen and oxygen atoms in total. The molecule has 0 bridgehead atoms. The lowest BCUT2D eigenvalue weighted by atomic mass is 9.93. The second kappa shape index (κ2) is 10.4. The predicted octanol–water partition coefficient (Wildman–Crippen LogP) is 5.77. The number of fused-ring (bicyclic) bond motifs is 1. The maximum absolute atomic E-state index is 13.8. The summed E-state index contributed by atoms with van der Waals surface area (Å²) in [5, 5.41) is 13.6. The van der Waals surface area contributed by atoms with Gasteiger partial charge in [0.15, 0.2) is 11.5 Å². The van der Waals surface area contributed by atoms with Gasteiger partial charge in [-0.15, -0.1) is 0 Å². The second-order valence-corrected chi connectivity index (χ2v) is 10.4. The van der Waals surface area contributed by atoms with E-state index in [1.54, 1.807) is 12.1 Å². The fraction of sp³-hybridized carbons (Fsp3) is 0.357. The zero-order valence-electron chi connectivity index (χ0n) is 21.4. The lowest BCUT2D eigenvalue weighted by molar-refractivity contribution is -0.151. The van der Waals surface area contributed by atoms with Gasteiger partial charge in [0, 0.05) is 16.7 Å². The van der Waals surface area contributed by atoms with Crippen molar-refractivity contribution in [2.45, 2.75) is 43.6 Å². The number of nitrogens with one attached hydrogen (secondary N) is 1. The third-order valence-corrected chi connectivity index (χ3v) is 7.04.